The Morgan fingerprint density at radius 2 is 0.548 bits per heavy atom. The molecule has 12 aromatic carbocycles. The first-order chi connectivity index (χ1) is 56.5. The number of carbonyl (C=O) groups excluding carboxylic acids is 2. The van der Waals surface area contributed by atoms with E-state index in [0.717, 1.165) is 154 Å². The van der Waals surface area contributed by atoms with Gasteiger partial charge in [0.1, 0.15) is 18.3 Å². The monoisotopic (exact) mass is 1520 g/mol. The Balaban J connectivity index is 0.838. The first-order valence-electron chi connectivity index (χ1n) is 40.1. The summed E-state index contributed by atoms with van der Waals surface area (Å²) in [6.45, 7) is 29.9. The molecule has 0 saturated carbocycles. The highest BCUT2D eigenvalue weighted by atomic mass is 16.5. The zero-order valence-electron chi connectivity index (χ0n) is 66.0. The van der Waals surface area contributed by atoms with Crippen LogP contribution < -0.4 is 14.7 Å². The van der Waals surface area contributed by atoms with Gasteiger partial charge in [0.05, 0.1) is 25.6 Å². The maximum Gasteiger partial charge on any atom is 0.306 e. The van der Waals surface area contributed by atoms with Crippen molar-refractivity contribution in [2.24, 2.45) is 0 Å². The molecular weight excluding hydrogens is 1420 g/mol. The normalized spacial score (nSPS) is 11.5. The van der Waals surface area contributed by atoms with Crippen LogP contribution in [0.4, 0.5) is 51.2 Å². The van der Waals surface area contributed by atoms with Crippen LogP contribution in [-0.4, -0.2) is 50.1 Å². The topological polar surface area (TPSA) is 99.2 Å². The van der Waals surface area contributed by atoms with Crippen molar-refractivity contribution < 1.29 is 38.0 Å². The molecule has 12 aromatic rings. The minimum absolute atomic E-state index is 0.0950. The van der Waals surface area contributed by atoms with Crippen LogP contribution in [0.5, 0.6) is 0 Å². The summed E-state index contributed by atoms with van der Waals surface area (Å²) < 4.78 is 35.2. The van der Waals surface area contributed by atoms with E-state index in [1.54, 1.807) is 36.5 Å². The number of hydrogen-bond acceptors (Lipinski definition) is 11. The summed E-state index contributed by atoms with van der Waals surface area (Å²) in [7, 11) is 0. The second-order valence-electron chi connectivity index (χ2n) is 28.8. The minimum Gasteiger partial charge on any atom is -0.487 e. The third kappa shape index (κ3) is 23.0. The van der Waals surface area contributed by atoms with Gasteiger partial charge in [0.2, 0.25) is 0 Å². The van der Waals surface area contributed by atoms with Gasteiger partial charge in [-0.1, -0.05) is 229 Å². The Labute approximate surface area is 679 Å². The highest BCUT2D eigenvalue weighted by Crippen LogP contribution is 2.44. The average Bonchev–Trinajstić information content (AvgIpc) is 0.782. The van der Waals surface area contributed by atoms with E-state index in [1.165, 1.54) is 32.7 Å². The summed E-state index contributed by atoms with van der Waals surface area (Å²) in [6, 6.07) is 98.9. The third-order valence-corrected chi connectivity index (χ3v) is 20.6. The van der Waals surface area contributed by atoms with Gasteiger partial charge in [0.15, 0.2) is 0 Å². The van der Waals surface area contributed by atoms with E-state index in [1.807, 2.05) is 0 Å². The maximum atomic E-state index is 12.3. The van der Waals surface area contributed by atoms with Gasteiger partial charge in [0, 0.05) is 96.2 Å². The molecule has 11 heteroatoms. The van der Waals surface area contributed by atoms with E-state index >= 15 is 0 Å². The first-order valence-corrected chi connectivity index (χ1v) is 40.1. The smallest absolute Gasteiger partial charge is 0.306 e. The van der Waals surface area contributed by atoms with E-state index in [0.29, 0.717) is 52.5 Å². The molecule has 115 heavy (non-hydrogen) atoms. The number of esters is 2. The Morgan fingerprint density at radius 3 is 0.913 bits per heavy atom. The lowest BCUT2D eigenvalue weighted by Gasteiger charge is -2.30. The predicted octanol–water partition coefficient (Wildman–Crippen LogP) is 26.8. The van der Waals surface area contributed by atoms with Crippen LogP contribution >= 0.6 is 0 Å². The summed E-state index contributed by atoms with van der Waals surface area (Å²) in [5.74, 6) is 0.156. The SMILES string of the molecule is C=CC(C=C)OC(=C)CCCCCOCc1ccc(N(c2ccc(N(c3ccc(C(c4ccc(COCCCCCC(=O)OC(C=C)C=C)cc4)c4ccc5ccccc5c4)cc3)c3ccc(N(c4ccc(COCCCCCC(=O)OC(C=C)C=C)cc4)c4ccc5ccccc5c4)cc3)cc2)c2ccc3ccccc3c2)cc1. The predicted molar refractivity (Wildman–Crippen MR) is 476 cm³/mol. The largest absolute Gasteiger partial charge is 0.487 e. The molecule has 12 rings (SSSR count). The van der Waals surface area contributed by atoms with E-state index in [4.69, 9.17) is 28.4 Å². The molecule has 0 aliphatic carbocycles. The average molecular weight is 1520 g/mol. The molecule has 11 nitrogen and oxygen atoms in total. The van der Waals surface area contributed by atoms with Crippen LogP contribution in [0, 0.1) is 0 Å². The van der Waals surface area contributed by atoms with Crippen molar-refractivity contribution in [2.45, 2.75) is 121 Å². The van der Waals surface area contributed by atoms with Gasteiger partial charge in [-0.2, -0.15) is 0 Å². The number of benzene rings is 12. The van der Waals surface area contributed by atoms with E-state index in [9.17, 15) is 9.59 Å². The number of nitrogens with zero attached hydrogens (tertiary/aromatic N) is 3. The third-order valence-electron chi connectivity index (χ3n) is 20.6. The number of hydrogen-bond donors (Lipinski definition) is 0. The van der Waals surface area contributed by atoms with Gasteiger partial charge in [-0.25, -0.2) is 0 Å². The van der Waals surface area contributed by atoms with Crippen LogP contribution in [0.1, 0.15) is 116 Å². The minimum atomic E-state index is -0.471. The highest BCUT2D eigenvalue weighted by molar-refractivity contribution is 5.92. The van der Waals surface area contributed by atoms with Crippen molar-refractivity contribution in [2.75, 3.05) is 34.5 Å². The van der Waals surface area contributed by atoms with E-state index < -0.39 is 12.2 Å². The van der Waals surface area contributed by atoms with Crippen molar-refractivity contribution in [1.29, 1.82) is 0 Å². The zero-order valence-corrected chi connectivity index (χ0v) is 66.0. The number of anilines is 9. The Bertz CT molecular complexity index is 4670. The Hall–Kier alpha value is -12.4. The molecule has 0 aliphatic heterocycles. The fourth-order valence-electron chi connectivity index (χ4n) is 14.4. The van der Waals surface area contributed by atoms with Gasteiger partial charge in [-0.3, -0.25) is 9.59 Å². The molecule has 584 valence electrons. The van der Waals surface area contributed by atoms with Gasteiger partial charge in [-0.15, -0.1) is 0 Å². The Morgan fingerprint density at radius 1 is 0.278 bits per heavy atom. The summed E-state index contributed by atoms with van der Waals surface area (Å²) in [4.78, 5) is 31.6. The molecule has 0 N–H and O–H groups in total. The van der Waals surface area contributed by atoms with Crippen LogP contribution in [0.2, 0.25) is 0 Å². The molecule has 1 unspecified atom stereocenters. The van der Waals surface area contributed by atoms with Crippen LogP contribution in [-0.2, 0) is 57.8 Å². The molecule has 0 saturated heterocycles. The molecule has 0 fully saturated rings. The van der Waals surface area contributed by atoms with Gasteiger partial charge < -0.3 is 43.1 Å². The first kappa shape index (κ1) is 82.1. The summed E-state index contributed by atoms with van der Waals surface area (Å²) in [5.41, 5.74) is 15.8. The quantitative estimate of drug-likeness (QED) is 0.0120. The van der Waals surface area contributed by atoms with Crippen molar-refractivity contribution in [3.05, 3.63) is 395 Å². The molecule has 0 radical (unpaired) electrons. The number of unbranched alkanes of at least 4 members (excludes halogenated alkanes) is 6. The van der Waals surface area contributed by atoms with Gasteiger partial charge >= 0.3 is 11.9 Å². The number of carbonyl (C=O) groups is 2. The molecular formula is C104H105N3O8. The molecule has 0 heterocycles. The summed E-state index contributed by atoms with van der Waals surface area (Å²) >= 11 is 0. The fourth-order valence-corrected chi connectivity index (χ4v) is 14.4. The number of allylic oxidation sites excluding steroid dienone is 1. The van der Waals surface area contributed by atoms with Crippen LogP contribution in [0.15, 0.2) is 361 Å². The van der Waals surface area contributed by atoms with Crippen LogP contribution in [0.25, 0.3) is 32.3 Å². The lowest BCUT2D eigenvalue weighted by Crippen LogP contribution is -2.13. The van der Waals surface area contributed by atoms with Crippen LogP contribution in [0.3, 0.4) is 0 Å². The zero-order chi connectivity index (χ0) is 79.9. The van der Waals surface area contributed by atoms with Gasteiger partial charge in [0.25, 0.3) is 0 Å². The fraction of sp³-hybridized carbons (Fsp3) is 0.212. The van der Waals surface area contributed by atoms with E-state index in [2.05, 4.69) is 334 Å². The molecule has 0 amide bonds. The van der Waals surface area contributed by atoms with Gasteiger partial charge in [-0.05, 0) is 250 Å². The second-order valence-corrected chi connectivity index (χ2v) is 28.8. The molecule has 0 aromatic heterocycles. The Kier molecular flexibility index (Phi) is 30.3. The molecule has 0 bridgehead atoms. The summed E-state index contributed by atoms with van der Waals surface area (Å²) in [6.07, 6.45) is 17.8. The van der Waals surface area contributed by atoms with Crippen molar-refractivity contribution in [3.8, 4) is 0 Å². The molecule has 1 atom stereocenters. The lowest BCUT2D eigenvalue weighted by atomic mass is 9.84. The highest BCUT2D eigenvalue weighted by Gasteiger charge is 2.23. The number of rotatable bonds is 46. The maximum absolute atomic E-state index is 12.3. The van der Waals surface area contributed by atoms with Crippen molar-refractivity contribution in [1.82, 2.24) is 0 Å². The van der Waals surface area contributed by atoms with E-state index in [-0.39, 0.29) is 24.0 Å². The lowest BCUT2D eigenvalue weighted by molar-refractivity contribution is -0.146. The standard InChI is InChI=1S/C104H105N3O8/c1-8-99(9-2)113-77(7)29-17-14-26-68-111-75-79-40-52-90(53-41-79)106(97-58-48-82-31-21-24-34-87(82)72-97)95-64-60-93(61-65-95)105(92-56-50-85(51-57-92)104(89-47-46-81-30-20-23-33-86(81)71-89)84-44-38-78(39-45-84)74-110-69-27-15-18-36-102(108)114-100(10-3)11-4)94-62-66-96(67-63-94)107(98-59-49-83-32-22-25-35-88(83)73-98)91-54-42-80(43-55-91)76-112-70-28-16-19-37-103(109)115-101(12-5)13-6/h8-13,20-25,30-35,38-67,71-73,99-101,104H,1-7,14-19,26-29,36-37,68-70,74-76H2. The molecule has 0 aliphatic rings. The van der Waals surface area contributed by atoms with Crippen molar-refractivity contribution >= 4 is 95.4 Å². The summed E-state index contributed by atoms with van der Waals surface area (Å²) in [5, 5.41) is 7.00. The second kappa shape index (κ2) is 42.5. The number of ether oxygens (including phenoxy) is 6. The number of fused-ring (bicyclic) bond motifs is 3. The van der Waals surface area contributed by atoms with Crippen molar-refractivity contribution in [3.63, 3.8) is 0 Å². The molecule has 0 spiro atoms.